The Balaban J connectivity index is 2.02. The van der Waals surface area contributed by atoms with Crippen LogP contribution in [-0.4, -0.2) is 38.0 Å². The number of hydrogen-bond donors (Lipinski definition) is 2. The summed E-state index contributed by atoms with van der Waals surface area (Å²) in [7, 11) is 1.73. The molecule has 1 aliphatic rings. The topological polar surface area (TPSA) is 44.7 Å². The highest BCUT2D eigenvalue weighted by Gasteiger charge is 2.19. The smallest absolute Gasteiger partial charge is 0.142 e. The maximum Gasteiger partial charge on any atom is 0.142 e. The highest BCUT2D eigenvalue weighted by atomic mass is 16.5. The van der Waals surface area contributed by atoms with Crippen LogP contribution >= 0.6 is 0 Å². The van der Waals surface area contributed by atoms with Crippen molar-refractivity contribution in [2.24, 2.45) is 5.92 Å². The molecule has 0 bridgehead atoms. The molecule has 1 fully saturated rings. The van der Waals surface area contributed by atoms with Gasteiger partial charge in [-0.2, -0.15) is 0 Å². The molecular formula is C17H28N2O2. The molecule has 4 nitrogen and oxygen atoms in total. The largest absolute Gasteiger partial charge is 0.495 e. The predicted molar refractivity (Wildman–Crippen MR) is 87.0 cm³/mol. The number of piperidine rings is 1. The summed E-state index contributed by atoms with van der Waals surface area (Å²) in [6, 6.07) is 6.42. The third kappa shape index (κ3) is 4.61. The molecule has 1 heterocycles. The lowest BCUT2D eigenvalue weighted by Crippen LogP contribution is -2.36. The van der Waals surface area contributed by atoms with Crippen molar-refractivity contribution < 1.29 is 9.84 Å². The van der Waals surface area contributed by atoms with Gasteiger partial charge in [-0.15, -0.1) is 0 Å². The van der Waals surface area contributed by atoms with Crippen LogP contribution in [0.2, 0.25) is 0 Å². The molecule has 0 radical (unpaired) electrons. The lowest BCUT2D eigenvalue weighted by atomic mass is 10.1. The minimum absolute atomic E-state index is 0.147. The standard InChI is InChI=1S/C17H28N2O2/c1-13(2)11-18-12-14-4-5-16(17(10-14)21-3)19-8-6-15(20)7-9-19/h4-5,10,13,15,18,20H,6-9,11-12H2,1-3H3. The molecule has 0 amide bonds. The van der Waals surface area contributed by atoms with Gasteiger partial charge in [0, 0.05) is 19.6 Å². The van der Waals surface area contributed by atoms with E-state index in [1.807, 2.05) is 0 Å². The monoisotopic (exact) mass is 292 g/mol. The first kappa shape index (κ1) is 16.1. The average Bonchev–Trinajstić information content (AvgIpc) is 2.48. The molecule has 1 aromatic rings. The van der Waals surface area contributed by atoms with E-state index in [4.69, 9.17) is 4.74 Å². The van der Waals surface area contributed by atoms with Gasteiger partial charge < -0.3 is 20.1 Å². The van der Waals surface area contributed by atoms with Crippen molar-refractivity contribution in [1.29, 1.82) is 0 Å². The second-order valence-electron chi connectivity index (χ2n) is 6.25. The van der Waals surface area contributed by atoms with E-state index in [1.165, 1.54) is 5.56 Å². The van der Waals surface area contributed by atoms with Crippen LogP contribution in [0.25, 0.3) is 0 Å². The van der Waals surface area contributed by atoms with E-state index in [-0.39, 0.29) is 6.10 Å². The molecule has 2 rings (SSSR count). The number of hydrogen-bond acceptors (Lipinski definition) is 4. The van der Waals surface area contributed by atoms with E-state index in [2.05, 4.69) is 42.3 Å². The number of aliphatic hydroxyl groups is 1. The molecule has 0 spiro atoms. The number of aliphatic hydroxyl groups excluding tert-OH is 1. The maximum atomic E-state index is 9.62. The van der Waals surface area contributed by atoms with Gasteiger partial charge in [0.2, 0.25) is 0 Å². The zero-order chi connectivity index (χ0) is 15.2. The molecule has 0 aliphatic carbocycles. The van der Waals surface area contributed by atoms with E-state index in [9.17, 15) is 5.11 Å². The highest BCUT2D eigenvalue weighted by molar-refractivity contribution is 5.60. The Hall–Kier alpha value is -1.26. The number of nitrogens with zero attached hydrogens (tertiary/aromatic N) is 1. The fourth-order valence-electron chi connectivity index (χ4n) is 2.71. The summed E-state index contributed by atoms with van der Waals surface area (Å²) < 4.78 is 5.56. The van der Waals surface area contributed by atoms with Crippen LogP contribution in [0.3, 0.4) is 0 Å². The molecule has 0 atom stereocenters. The lowest BCUT2D eigenvalue weighted by molar-refractivity contribution is 0.145. The van der Waals surface area contributed by atoms with Crippen molar-refractivity contribution >= 4 is 5.69 Å². The van der Waals surface area contributed by atoms with E-state index in [0.29, 0.717) is 5.92 Å². The van der Waals surface area contributed by atoms with Crippen molar-refractivity contribution in [3.05, 3.63) is 23.8 Å². The Labute approximate surface area is 128 Å². The zero-order valence-corrected chi connectivity index (χ0v) is 13.4. The lowest BCUT2D eigenvalue weighted by Gasteiger charge is -2.32. The summed E-state index contributed by atoms with van der Waals surface area (Å²) in [4.78, 5) is 2.30. The predicted octanol–water partition coefficient (Wildman–Crippen LogP) is 2.40. The minimum Gasteiger partial charge on any atom is -0.495 e. The van der Waals surface area contributed by atoms with Gasteiger partial charge in [0.05, 0.1) is 18.9 Å². The first-order valence-electron chi connectivity index (χ1n) is 7.90. The number of rotatable bonds is 6. The SMILES string of the molecule is COc1cc(CNCC(C)C)ccc1N1CCC(O)CC1. The Morgan fingerprint density at radius 1 is 1.33 bits per heavy atom. The van der Waals surface area contributed by atoms with E-state index in [0.717, 1.165) is 50.5 Å². The highest BCUT2D eigenvalue weighted by Crippen LogP contribution is 2.31. The van der Waals surface area contributed by atoms with Crippen molar-refractivity contribution in [2.45, 2.75) is 39.3 Å². The number of ether oxygens (including phenoxy) is 1. The zero-order valence-electron chi connectivity index (χ0n) is 13.4. The van der Waals surface area contributed by atoms with Crippen molar-refractivity contribution in [1.82, 2.24) is 5.32 Å². The molecule has 1 aromatic carbocycles. The van der Waals surface area contributed by atoms with Crippen LogP contribution in [0.4, 0.5) is 5.69 Å². The normalized spacial score (nSPS) is 16.5. The second kappa shape index (κ2) is 7.66. The first-order valence-corrected chi connectivity index (χ1v) is 7.90. The number of anilines is 1. The van der Waals surface area contributed by atoms with Crippen LogP contribution in [0.15, 0.2) is 18.2 Å². The maximum absolute atomic E-state index is 9.62. The molecule has 2 N–H and O–H groups in total. The summed E-state index contributed by atoms with van der Waals surface area (Å²) in [6.07, 6.45) is 1.52. The fourth-order valence-corrected chi connectivity index (χ4v) is 2.71. The van der Waals surface area contributed by atoms with Crippen molar-refractivity contribution in [2.75, 3.05) is 31.6 Å². The second-order valence-corrected chi connectivity index (χ2v) is 6.25. The van der Waals surface area contributed by atoms with E-state index >= 15 is 0 Å². The third-order valence-corrected chi connectivity index (χ3v) is 3.93. The van der Waals surface area contributed by atoms with Gasteiger partial charge >= 0.3 is 0 Å². The van der Waals surface area contributed by atoms with Gasteiger partial charge in [-0.1, -0.05) is 19.9 Å². The number of methoxy groups -OCH3 is 1. The Morgan fingerprint density at radius 3 is 2.67 bits per heavy atom. The summed E-state index contributed by atoms with van der Waals surface area (Å²) in [5, 5.41) is 13.1. The van der Waals surface area contributed by atoms with Gasteiger partial charge in [-0.25, -0.2) is 0 Å². The summed E-state index contributed by atoms with van der Waals surface area (Å²) in [6.45, 7) is 8.09. The molecule has 1 saturated heterocycles. The Bertz CT molecular complexity index is 440. The van der Waals surface area contributed by atoms with Gasteiger partial charge in [0.1, 0.15) is 5.75 Å². The Morgan fingerprint density at radius 2 is 2.05 bits per heavy atom. The minimum atomic E-state index is -0.147. The van der Waals surface area contributed by atoms with Crippen LogP contribution in [0.5, 0.6) is 5.75 Å². The summed E-state index contributed by atoms with van der Waals surface area (Å²) >= 11 is 0. The van der Waals surface area contributed by atoms with Crippen LogP contribution in [0.1, 0.15) is 32.3 Å². The van der Waals surface area contributed by atoms with Gasteiger partial charge in [0.15, 0.2) is 0 Å². The Kier molecular flexibility index (Phi) is 5.88. The van der Waals surface area contributed by atoms with Gasteiger partial charge in [0.25, 0.3) is 0 Å². The molecule has 0 unspecified atom stereocenters. The van der Waals surface area contributed by atoms with Crippen LogP contribution in [0, 0.1) is 5.92 Å². The summed E-state index contributed by atoms with van der Waals surface area (Å²) in [5.41, 5.74) is 2.38. The van der Waals surface area contributed by atoms with Crippen LogP contribution < -0.4 is 15.0 Å². The van der Waals surface area contributed by atoms with E-state index in [1.54, 1.807) is 7.11 Å². The molecular weight excluding hydrogens is 264 g/mol. The molecule has 21 heavy (non-hydrogen) atoms. The molecule has 0 aromatic heterocycles. The fraction of sp³-hybridized carbons (Fsp3) is 0.647. The van der Waals surface area contributed by atoms with Crippen molar-refractivity contribution in [3.8, 4) is 5.75 Å². The molecule has 4 heteroatoms. The van der Waals surface area contributed by atoms with Gasteiger partial charge in [-0.05, 0) is 43.0 Å². The number of nitrogens with one attached hydrogen (secondary N) is 1. The third-order valence-electron chi connectivity index (χ3n) is 3.93. The molecule has 1 aliphatic heterocycles. The van der Waals surface area contributed by atoms with Crippen molar-refractivity contribution in [3.63, 3.8) is 0 Å². The quantitative estimate of drug-likeness (QED) is 0.845. The molecule has 0 saturated carbocycles. The van der Waals surface area contributed by atoms with Crippen LogP contribution in [-0.2, 0) is 6.54 Å². The average molecular weight is 292 g/mol. The van der Waals surface area contributed by atoms with Gasteiger partial charge in [-0.3, -0.25) is 0 Å². The first-order chi connectivity index (χ1) is 10.1. The number of benzene rings is 1. The van der Waals surface area contributed by atoms with E-state index < -0.39 is 0 Å². The molecule has 118 valence electrons. The summed E-state index contributed by atoms with van der Waals surface area (Å²) in [5.74, 6) is 1.58.